The number of aromatic nitrogens is 2. The number of nitrogens with one attached hydrogen (secondary N) is 1. The van der Waals surface area contributed by atoms with Gasteiger partial charge in [0.1, 0.15) is 5.69 Å². The summed E-state index contributed by atoms with van der Waals surface area (Å²) < 4.78 is 15.1. The van der Waals surface area contributed by atoms with Crippen molar-refractivity contribution in [2.24, 2.45) is 13.0 Å². The molecular weight excluding hydrogens is 295 g/mol. The molecule has 0 spiro atoms. The number of anilines is 2. The molecule has 6 heteroatoms. The van der Waals surface area contributed by atoms with Crippen LogP contribution in [0.1, 0.15) is 44.4 Å². The highest BCUT2D eigenvalue weighted by molar-refractivity contribution is 5.61. The number of hydrogen-bond donors (Lipinski definition) is 1. The Morgan fingerprint density at radius 1 is 1.30 bits per heavy atom. The van der Waals surface area contributed by atoms with E-state index in [1.54, 1.807) is 6.92 Å². The summed E-state index contributed by atoms with van der Waals surface area (Å²) in [6.07, 6.45) is 1.01. The molecule has 1 atom stereocenters. The Morgan fingerprint density at radius 3 is 2.52 bits per heavy atom. The Bertz CT molecular complexity index is 669. The zero-order valence-corrected chi connectivity index (χ0v) is 14.3. The minimum Gasteiger partial charge on any atom is -0.739 e. The summed E-state index contributed by atoms with van der Waals surface area (Å²) in [5.74, 6) is 0.198. The van der Waals surface area contributed by atoms with Crippen LogP contribution < -0.4 is 10.6 Å². The number of rotatable bonds is 6. The second-order valence-electron chi connectivity index (χ2n) is 6.37. The van der Waals surface area contributed by atoms with Gasteiger partial charge >= 0.3 is 0 Å². The van der Waals surface area contributed by atoms with Gasteiger partial charge in [-0.1, -0.05) is 39.0 Å². The molecule has 0 saturated carbocycles. The van der Waals surface area contributed by atoms with Crippen molar-refractivity contribution in [3.05, 3.63) is 46.7 Å². The van der Waals surface area contributed by atoms with Crippen LogP contribution in [0.4, 0.5) is 15.8 Å². The number of hydrogen-bond acceptors (Lipinski definition) is 4. The highest BCUT2D eigenvalue weighted by atomic mass is 19.1. The van der Waals surface area contributed by atoms with E-state index in [0.717, 1.165) is 16.7 Å². The monoisotopic (exact) mass is 319 g/mol. The Morgan fingerprint density at radius 2 is 1.96 bits per heavy atom. The molecule has 1 unspecified atom stereocenters. The van der Waals surface area contributed by atoms with Crippen LogP contribution in [0.3, 0.4) is 0 Å². The number of hydrazine groups is 1. The molecule has 2 aromatic rings. The number of nitrogens with zero attached hydrogens (tertiary/aromatic N) is 3. The van der Waals surface area contributed by atoms with Gasteiger partial charge in [-0.15, -0.1) is 0 Å². The zero-order valence-electron chi connectivity index (χ0n) is 14.3. The second kappa shape index (κ2) is 7.00. The number of benzene rings is 1. The van der Waals surface area contributed by atoms with Gasteiger partial charge in [-0.05, 0) is 36.8 Å². The summed E-state index contributed by atoms with van der Waals surface area (Å²) in [6.45, 7) is 8.07. The fourth-order valence-electron chi connectivity index (χ4n) is 2.88. The minimum absolute atomic E-state index is 0.0844. The normalized spacial score (nSPS) is 12.5. The first-order valence-corrected chi connectivity index (χ1v) is 7.83. The van der Waals surface area contributed by atoms with Crippen LogP contribution in [0, 0.1) is 24.0 Å². The molecule has 0 fully saturated rings. The molecule has 0 aliphatic carbocycles. The lowest BCUT2D eigenvalue weighted by Crippen LogP contribution is -2.25. The van der Waals surface area contributed by atoms with Crippen LogP contribution in [0.2, 0.25) is 0 Å². The summed E-state index contributed by atoms with van der Waals surface area (Å²) in [7, 11) is 1.47. The van der Waals surface area contributed by atoms with E-state index in [-0.39, 0.29) is 5.69 Å². The lowest BCUT2D eigenvalue weighted by atomic mass is 9.91. The molecule has 0 amide bonds. The molecule has 1 heterocycles. The molecule has 1 aromatic carbocycles. The average molecular weight is 319 g/mol. The molecule has 0 aliphatic rings. The van der Waals surface area contributed by atoms with E-state index in [1.807, 2.05) is 24.3 Å². The maximum absolute atomic E-state index is 14.0. The molecule has 1 N–H and O–H groups in total. The smallest absolute Gasteiger partial charge is 0.236 e. The van der Waals surface area contributed by atoms with Gasteiger partial charge in [-0.3, -0.25) is 0 Å². The van der Waals surface area contributed by atoms with Crippen molar-refractivity contribution < 1.29 is 4.39 Å². The van der Waals surface area contributed by atoms with Crippen molar-refractivity contribution in [3.8, 4) is 0 Å². The van der Waals surface area contributed by atoms with Gasteiger partial charge in [0.2, 0.25) is 5.95 Å². The molecule has 126 valence electrons. The molecule has 2 rings (SSSR count). The maximum Gasteiger partial charge on any atom is 0.236 e. The van der Waals surface area contributed by atoms with Gasteiger partial charge in [0.15, 0.2) is 0 Å². The lowest BCUT2D eigenvalue weighted by Gasteiger charge is -2.32. The molecule has 23 heavy (non-hydrogen) atoms. The van der Waals surface area contributed by atoms with E-state index in [1.165, 1.54) is 7.05 Å². The van der Waals surface area contributed by atoms with E-state index in [0.29, 0.717) is 28.4 Å². The van der Waals surface area contributed by atoms with E-state index in [4.69, 9.17) is 0 Å². The zero-order chi connectivity index (χ0) is 17.1. The van der Waals surface area contributed by atoms with Gasteiger partial charge in [0, 0.05) is 7.05 Å². The third-order valence-corrected chi connectivity index (χ3v) is 3.86. The van der Waals surface area contributed by atoms with E-state index >= 15 is 0 Å². The van der Waals surface area contributed by atoms with Crippen LogP contribution in [0.15, 0.2) is 24.3 Å². The Balaban J connectivity index is 2.26. The number of aryl methyl sites for hydroxylation is 2. The standard InChI is InChI=1S/C17H24FN4O/c1-11(2)10-12(3)14-8-6-7-9-15(14)20-22(23)16-13(4)19-21(5)17(16)18/h6-9,11-12,20H,10H2,1-5H3/q-1. The van der Waals surface area contributed by atoms with Gasteiger partial charge < -0.3 is 15.8 Å². The highest BCUT2D eigenvalue weighted by Gasteiger charge is 2.17. The SMILES string of the molecule is Cc1nn(C)c(F)c1N([O-])Nc1ccccc1C(C)CC(C)C. The molecule has 1 aromatic heterocycles. The summed E-state index contributed by atoms with van der Waals surface area (Å²) in [5, 5.41) is 16.8. The summed E-state index contributed by atoms with van der Waals surface area (Å²) in [5.41, 5.74) is 4.76. The lowest BCUT2D eigenvalue weighted by molar-refractivity contribution is 0.504. The van der Waals surface area contributed by atoms with E-state index in [2.05, 4.69) is 31.3 Å². The third kappa shape index (κ3) is 3.82. The highest BCUT2D eigenvalue weighted by Crippen LogP contribution is 2.31. The van der Waals surface area contributed by atoms with Crippen molar-refractivity contribution in [2.75, 3.05) is 10.6 Å². The molecule has 0 aliphatic heterocycles. The van der Waals surface area contributed by atoms with Crippen molar-refractivity contribution in [3.63, 3.8) is 0 Å². The van der Waals surface area contributed by atoms with Crippen molar-refractivity contribution in [1.29, 1.82) is 0 Å². The van der Waals surface area contributed by atoms with Crippen LogP contribution >= 0.6 is 0 Å². The summed E-state index contributed by atoms with van der Waals surface area (Å²) in [4.78, 5) is 0. The fourth-order valence-corrected chi connectivity index (χ4v) is 2.88. The quantitative estimate of drug-likeness (QED) is 0.804. The van der Waals surface area contributed by atoms with E-state index < -0.39 is 5.95 Å². The molecule has 0 saturated heterocycles. The van der Waals surface area contributed by atoms with Gasteiger partial charge in [0.05, 0.1) is 11.4 Å². The van der Waals surface area contributed by atoms with Crippen LogP contribution in [-0.2, 0) is 7.05 Å². The van der Waals surface area contributed by atoms with Crippen molar-refractivity contribution in [2.45, 2.75) is 40.0 Å². The van der Waals surface area contributed by atoms with Crippen LogP contribution in [0.25, 0.3) is 0 Å². The summed E-state index contributed by atoms with van der Waals surface area (Å²) >= 11 is 0. The molecular formula is C17H24FN4O-. The Hall–Kier alpha value is -2.08. The first-order chi connectivity index (χ1) is 10.8. The van der Waals surface area contributed by atoms with Crippen LogP contribution in [-0.4, -0.2) is 9.78 Å². The molecule has 0 bridgehead atoms. The first kappa shape index (κ1) is 17.3. The fraction of sp³-hybridized carbons (Fsp3) is 0.471. The van der Waals surface area contributed by atoms with Crippen LogP contribution in [0.5, 0.6) is 0 Å². The van der Waals surface area contributed by atoms with Gasteiger partial charge in [-0.2, -0.15) is 9.49 Å². The first-order valence-electron chi connectivity index (χ1n) is 7.83. The van der Waals surface area contributed by atoms with Crippen molar-refractivity contribution >= 4 is 11.4 Å². The topological polar surface area (TPSA) is 56.2 Å². The summed E-state index contributed by atoms with van der Waals surface area (Å²) in [6, 6.07) is 7.63. The molecule has 0 radical (unpaired) electrons. The molecule has 5 nitrogen and oxygen atoms in total. The van der Waals surface area contributed by atoms with Gasteiger partial charge in [0.25, 0.3) is 0 Å². The Kier molecular flexibility index (Phi) is 5.26. The average Bonchev–Trinajstić information content (AvgIpc) is 2.71. The largest absolute Gasteiger partial charge is 0.739 e. The number of para-hydroxylation sites is 1. The Labute approximate surface area is 136 Å². The predicted octanol–water partition coefficient (Wildman–Crippen LogP) is 4.35. The third-order valence-electron chi connectivity index (χ3n) is 3.86. The maximum atomic E-state index is 14.0. The predicted molar refractivity (Wildman–Crippen MR) is 91.7 cm³/mol. The minimum atomic E-state index is -0.655. The van der Waals surface area contributed by atoms with Crippen molar-refractivity contribution in [1.82, 2.24) is 9.78 Å². The van der Waals surface area contributed by atoms with E-state index in [9.17, 15) is 9.60 Å². The van der Waals surface area contributed by atoms with Gasteiger partial charge in [-0.25, -0.2) is 4.68 Å². The second-order valence-corrected chi connectivity index (χ2v) is 6.37. The number of halogens is 1.